The topological polar surface area (TPSA) is 61.5 Å². The van der Waals surface area contributed by atoms with Crippen LogP contribution < -0.4 is 9.47 Å². The molecule has 1 aliphatic heterocycles. The molecule has 0 amide bonds. The Hall–Kier alpha value is -3.69. The Kier molecular flexibility index (Phi) is 8.53. The number of fused-ring (bicyclic) bond motifs is 5. The van der Waals surface area contributed by atoms with Crippen LogP contribution in [0.4, 0.5) is 5.69 Å². The van der Waals surface area contributed by atoms with E-state index < -0.39 is 10.1 Å². The number of aromatic nitrogens is 1. The highest BCUT2D eigenvalue weighted by atomic mass is 32.2. The Morgan fingerprint density at radius 1 is 0.896 bits per heavy atom. The van der Waals surface area contributed by atoms with Crippen molar-refractivity contribution in [3.8, 4) is 0 Å². The van der Waals surface area contributed by atoms with Gasteiger partial charge in [0.2, 0.25) is 5.52 Å². The van der Waals surface area contributed by atoms with Gasteiger partial charge in [-0.3, -0.25) is 4.55 Å². The highest BCUT2D eigenvalue weighted by Crippen LogP contribution is 2.48. The minimum absolute atomic E-state index is 0.204. The van der Waals surface area contributed by atoms with Gasteiger partial charge in [0.15, 0.2) is 6.54 Å². The number of hydrogen-bond acceptors (Lipinski definition) is 5. The third kappa shape index (κ3) is 6.39. The largest absolute Gasteiger partial charge is 0.335 e. The average molecular weight is 692 g/mol. The van der Waals surface area contributed by atoms with Gasteiger partial charge in [-0.15, -0.1) is 0 Å². The summed E-state index contributed by atoms with van der Waals surface area (Å²) in [4.78, 5) is 3.79. The standard InChI is InChI=1S/C40H38N2O3S3/c1-2-41-35-23-30-9-3-5-11-32(30)25-37(35)46-39(41)21-27-13-15-29-16-14-28(20-34(29)19-27)22-40-42(17-7-8-18-48(43,44)45)36-24-31-10-4-6-12-33(31)26-38(36)47-40/h3-6,9-12,19-26,29H,2,7-8,13-18H2,1H3/p+1. The summed E-state index contributed by atoms with van der Waals surface area (Å²) in [6, 6.07) is 26.3. The number of rotatable bonds is 8. The van der Waals surface area contributed by atoms with Crippen molar-refractivity contribution in [2.75, 3.05) is 17.2 Å². The summed E-state index contributed by atoms with van der Waals surface area (Å²) in [5.41, 5.74) is 6.67. The molecule has 0 saturated heterocycles. The van der Waals surface area contributed by atoms with Crippen LogP contribution in [0.3, 0.4) is 0 Å². The van der Waals surface area contributed by atoms with Gasteiger partial charge in [0.25, 0.3) is 15.1 Å². The summed E-state index contributed by atoms with van der Waals surface area (Å²) in [6.07, 6.45) is 15.3. The van der Waals surface area contributed by atoms with Crippen LogP contribution in [0.25, 0.3) is 37.8 Å². The Morgan fingerprint density at radius 2 is 1.60 bits per heavy atom. The van der Waals surface area contributed by atoms with Crippen LogP contribution in [-0.4, -0.2) is 25.3 Å². The predicted molar refractivity (Wildman–Crippen MR) is 202 cm³/mol. The molecule has 0 spiro atoms. The lowest BCUT2D eigenvalue weighted by Gasteiger charge is -2.28. The van der Waals surface area contributed by atoms with E-state index in [4.69, 9.17) is 0 Å². The number of hydrogen-bond donors (Lipinski definition) is 1. The lowest BCUT2D eigenvalue weighted by atomic mass is 9.77. The van der Waals surface area contributed by atoms with Crippen LogP contribution in [0.1, 0.15) is 50.5 Å². The molecule has 1 atom stereocenters. The quantitative estimate of drug-likeness (QED) is 0.0997. The third-order valence-electron chi connectivity index (χ3n) is 9.90. The second-order valence-corrected chi connectivity index (χ2v) is 16.8. The van der Waals surface area contributed by atoms with E-state index in [2.05, 4.69) is 113 Å². The van der Waals surface area contributed by atoms with Crippen LogP contribution in [0.2, 0.25) is 0 Å². The Morgan fingerprint density at radius 3 is 2.35 bits per heavy atom. The summed E-state index contributed by atoms with van der Waals surface area (Å²) in [5, 5.41) is 7.49. The molecular weight excluding hydrogens is 653 g/mol. The zero-order chi connectivity index (χ0) is 32.8. The number of aryl methyl sites for hydroxylation is 1. The van der Waals surface area contributed by atoms with E-state index in [1.54, 1.807) is 11.3 Å². The monoisotopic (exact) mass is 691 g/mol. The van der Waals surface area contributed by atoms with Crippen molar-refractivity contribution in [1.29, 1.82) is 0 Å². The van der Waals surface area contributed by atoms with Crippen molar-refractivity contribution in [3.05, 3.63) is 118 Å². The molecular formula is C40H39N2O3S3+. The van der Waals surface area contributed by atoms with Crippen molar-refractivity contribution in [2.45, 2.75) is 56.9 Å². The second kappa shape index (κ2) is 13.0. The Labute approximate surface area is 290 Å². The number of anilines is 1. The van der Waals surface area contributed by atoms with Gasteiger partial charge in [-0.05, 0) is 107 Å². The van der Waals surface area contributed by atoms with E-state index in [0.717, 1.165) is 25.8 Å². The molecule has 244 valence electrons. The molecule has 3 aliphatic rings. The lowest BCUT2D eigenvalue weighted by Crippen LogP contribution is -2.35. The molecule has 0 bridgehead atoms. The smallest absolute Gasteiger partial charge is 0.264 e. The molecule has 1 unspecified atom stereocenters. The maximum Gasteiger partial charge on any atom is 0.264 e. The van der Waals surface area contributed by atoms with E-state index >= 15 is 0 Å². The minimum atomic E-state index is -3.96. The van der Waals surface area contributed by atoms with Crippen molar-refractivity contribution in [3.63, 3.8) is 0 Å². The average Bonchev–Trinajstić information content (AvgIpc) is 3.58. The summed E-state index contributed by atoms with van der Waals surface area (Å²) < 4.78 is 35.6. The normalized spacial score (nSPS) is 19.7. The van der Waals surface area contributed by atoms with Gasteiger partial charge in [0.05, 0.1) is 16.5 Å². The molecule has 2 heterocycles. The Balaban J connectivity index is 1.11. The summed E-state index contributed by atoms with van der Waals surface area (Å²) in [7, 11) is -3.96. The second-order valence-electron chi connectivity index (χ2n) is 13.1. The van der Waals surface area contributed by atoms with Crippen molar-refractivity contribution in [2.24, 2.45) is 5.92 Å². The van der Waals surface area contributed by atoms with Gasteiger partial charge in [-0.1, -0.05) is 83.8 Å². The van der Waals surface area contributed by atoms with Crippen LogP contribution in [-0.2, 0) is 16.7 Å². The number of thioether (sulfide) groups is 1. The van der Waals surface area contributed by atoms with E-state index in [1.807, 2.05) is 11.8 Å². The first-order valence-corrected chi connectivity index (χ1v) is 20.2. The van der Waals surface area contributed by atoms with Gasteiger partial charge in [0.1, 0.15) is 4.70 Å². The Bertz CT molecular complexity index is 2310. The summed E-state index contributed by atoms with van der Waals surface area (Å²) >= 11 is 3.69. The van der Waals surface area contributed by atoms with E-state index in [1.165, 1.54) is 75.5 Å². The first-order chi connectivity index (χ1) is 23.3. The summed E-state index contributed by atoms with van der Waals surface area (Å²) in [5.74, 6) is 0.399. The fraction of sp³-hybridized carbons (Fsp3) is 0.275. The summed E-state index contributed by atoms with van der Waals surface area (Å²) in [6.45, 7) is 3.88. The molecule has 1 N–H and O–H groups in total. The molecule has 8 heteroatoms. The number of thiazole rings is 1. The van der Waals surface area contributed by atoms with E-state index in [0.29, 0.717) is 25.3 Å². The van der Waals surface area contributed by atoms with E-state index in [9.17, 15) is 13.0 Å². The van der Waals surface area contributed by atoms with E-state index in [-0.39, 0.29) is 5.75 Å². The highest BCUT2D eigenvalue weighted by Gasteiger charge is 2.28. The molecule has 8 rings (SSSR count). The molecule has 0 saturated carbocycles. The predicted octanol–water partition coefficient (Wildman–Crippen LogP) is 10.1. The fourth-order valence-corrected chi connectivity index (χ4v) is 10.5. The first kappa shape index (κ1) is 31.6. The van der Waals surface area contributed by atoms with Gasteiger partial charge in [-0.2, -0.15) is 13.0 Å². The maximum atomic E-state index is 11.4. The number of allylic oxidation sites excluding steroid dienone is 6. The molecule has 0 fully saturated rings. The van der Waals surface area contributed by atoms with Crippen LogP contribution in [0.5, 0.6) is 0 Å². The van der Waals surface area contributed by atoms with Crippen LogP contribution >= 0.6 is 23.1 Å². The zero-order valence-electron chi connectivity index (χ0n) is 27.1. The van der Waals surface area contributed by atoms with Gasteiger partial charge >= 0.3 is 0 Å². The molecule has 48 heavy (non-hydrogen) atoms. The number of unbranched alkanes of at least 4 members (excludes halogenated alkanes) is 1. The first-order valence-electron chi connectivity index (χ1n) is 16.9. The van der Waals surface area contributed by atoms with Gasteiger partial charge < -0.3 is 4.90 Å². The molecule has 1 aromatic heterocycles. The minimum Gasteiger partial charge on any atom is -0.335 e. The molecule has 2 aliphatic carbocycles. The third-order valence-corrected chi connectivity index (χ3v) is 12.9. The number of benzene rings is 4. The fourth-order valence-electron chi connectivity index (χ4n) is 7.45. The molecule has 5 aromatic rings. The zero-order valence-corrected chi connectivity index (χ0v) is 29.5. The number of nitrogens with zero attached hydrogens (tertiary/aromatic N) is 2. The van der Waals surface area contributed by atoms with Crippen molar-refractivity contribution >= 4 is 76.7 Å². The van der Waals surface area contributed by atoms with Crippen LogP contribution in [0.15, 0.2) is 118 Å². The van der Waals surface area contributed by atoms with Crippen molar-refractivity contribution < 1.29 is 17.5 Å². The molecule has 5 nitrogen and oxygen atoms in total. The van der Waals surface area contributed by atoms with Gasteiger partial charge in [-0.25, -0.2) is 0 Å². The molecule has 0 radical (unpaired) electrons. The molecule has 4 aromatic carbocycles. The maximum absolute atomic E-state index is 11.4. The van der Waals surface area contributed by atoms with Crippen molar-refractivity contribution in [1.82, 2.24) is 0 Å². The van der Waals surface area contributed by atoms with Gasteiger partial charge in [0, 0.05) is 30.0 Å². The lowest BCUT2D eigenvalue weighted by molar-refractivity contribution is -0.669. The van der Waals surface area contributed by atoms with Crippen LogP contribution in [0, 0.1) is 5.92 Å². The highest BCUT2D eigenvalue weighted by molar-refractivity contribution is 8.03. The SMILES string of the molecule is CCN1C(=CC2=CC3=CC(=Cc4sc5cc6ccccc6cc5[n+]4CCCCS(=O)(=O)O)CCC3CC2)Sc2cc3ccccc3cc21.